The molecule has 1 fully saturated rings. The number of hydrogen-bond acceptors (Lipinski definition) is 4. The molecule has 2 heterocycles. The molecule has 1 aromatic rings. The fourth-order valence-corrected chi connectivity index (χ4v) is 2.49. The van der Waals surface area contributed by atoms with Crippen LogP contribution in [0.1, 0.15) is 30.0 Å². The van der Waals surface area contributed by atoms with Crippen LogP contribution in [0.2, 0.25) is 0 Å². The van der Waals surface area contributed by atoms with Gasteiger partial charge in [0.25, 0.3) is 5.91 Å². The minimum absolute atomic E-state index is 0.0886. The van der Waals surface area contributed by atoms with Crippen molar-refractivity contribution < 1.29 is 9.21 Å². The van der Waals surface area contributed by atoms with Gasteiger partial charge in [0.15, 0.2) is 0 Å². The van der Waals surface area contributed by atoms with Crippen molar-refractivity contribution in [3.05, 3.63) is 23.7 Å². The second kappa shape index (κ2) is 6.21. The number of furan rings is 1. The van der Waals surface area contributed by atoms with Gasteiger partial charge in [-0.2, -0.15) is 0 Å². The Bertz CT molecular complexity index is 422. The summed E-state index contributed by atoms with van der Waals surface area (Å²) in [4.78, 5) is 16.6. The van der Waals surface area contributed by atoms with Crippen LogP contribution in [0.15, 0.2) is 16.7 Å². The summed E-state index contributed by atoms with van der Waals surface area (Å²) in [7, 11) is 0. The Morgan fingerprint density at radius 3 is 2.68 bits per heavy atom. The smallest absolute Gasteiger partial charge is 0.257 e. The molecule has 1 aliphatic rings. The van der Waals surface area contributed by atoms with Gasteiger partial charge in [-0.05, 0) is 13.0 Å². The largest absolute Gasteiger partial charge is 0.469 e. The number of aryl methyl sites for hydroxylation is 1. The van der Waals surface area contributed by atoms with Gasteiger partial charge in [-0.15, -0.1) is 0 Å². The number of carbonyl (C=O) groups is 1. The van der Waals surface area contributed by atoms with Crippen LogP contribution >= 0.6 is 0 Å². The van der Waals surface area contributed by atoms with Crippen molar-refractivity contribution in [1.29, 1.82) is 0 Å². The molecule has 0 aliphatic carbocycles. The third-order valence-electron chi connectivity index (χ3n) is 3.86. The van der Waals surface area contributed by atoms with Crippen LogP contribution in [-0.2, 0) is 6.42 Å². The van der Waals surface area contributed by atoms with Gasteiger partial charge in [0.05, 0.1) is 11.8 Å². The monoisotopic (exact) mass is 265 g/mol. The lowest BCUT2D eigenvalue weighted by molar-refractivity contribution is 0.0587. The summed E-state index contributed by atoms with van der Waals surface area (Å²) in [5.41, 5.74) is 6.39. The van der Waals surface area contributed by atoms with E-state index in [-0.39, 0.29) is 5.91 Å². The van der Waals surface area contributed by atoms with Gasteiger partial charge in [-0.25, -0.2) is 0 Å². The molecule has 0 saturated carbocycles. The first-order chi connectivity index (χ1) is 9.17. The van der Waals surface area contributed by atoms with E-state index < -0.39 is 0 Å². The lowest BCUT2D eigenvalue weighted by atomic mass is 10.1. The number of piperazine rings is 1. The summed E-state index contributed by atoms with van der Waals surface area (Å²) in [6.07, 6.45) is 2.34. The van der Waals surface area contributed by atoms with E-state index in [4.69, 9.17) is 10.2 Å². The maximum atomic E-state index is 12.4. The van der Waals surface area contributed by atoms with Crippen LogP contribution in [0.3, 0.4) is 0 Å². The molecule has 0 radical (unpaired) electrons. The molecule has 1 unspecified atom stereocenters. The standard InChI is InChI=1S/C14H23N3O2/c1-3-13-12(4-9-19-13)14(18)17-7-5-16(6-8-17)11(2)10-15/h4,9,11H,3,5-8,10,15H2,1-2H3. The Labute approximate surface area is 114 Å². The minimum atomic E-state index is 0.0886. The SMILES string of the molecule is CCc1occc1C(=O)N1CCN(C(C)CN)CC1. The Hall–Kier alpha value is -1.33. The molecule has 1 aliphatic heterocycles. The van der Waals surface area contributed by atoms with E-state index >= 15 is 0 Å². The van der Waals surface area contributed by atoms with E-state index in [1.165, 1.54) is 0 Å². The molecule has 1 aromatic heterocycles. The van der Waals surface area contributed by atoms with Gasteiger partial charge < -0.3 is 15.1 Å². The van der Waals surface area contributed by atoms with E-state index in [1.807, 2.05) is 11.8 Å². The molecule has 2 N–H and O–H groups in total. The summed E-state index contributed by atoms with van der Waals surface area (Å²) in [6, 6.07) is 2.16. The van der Waals surface area contributed by atoms with E-state index in [0.29, 0.717) is 18.2 Å². The zero-order valence-electron chi connectivity index (χ0n) is 11.8. The predicted octanol–water partition coefficient (Wildman–Crippen LogP) is 0.947. The van der Waals surface area contributed by atoms with Crippen LogP contribution in [-0.4, -0.2) is 54.5 Å². The molecule has 5 heteroatoms. The van der Waals surface area contributed by atoms with E-state index in [0.717, 1.165) is 38.4 Å². The van der Waals surface area contributed by atoms with Crippen LogP contribution in [0.5, 0.6) is 0 Å². The number of amides is 1. The molecule has 0 spiro atoms. The topological polar surface area (TPSA) is 62.7 Å². The van der Waals surface area contributed by atoms with Crippen molar-refractivity contribution in [2.45, 2.75) is 26.3 Å². The molecule has 0 aromatic carbocycles. The normalized spacial score (nSPS) is 18.6. The van der Waals surface area contributed by atoms with Gasteiger partial charge in [0.2, 0.25) is 0 Å². The van der Waals surface area contributed by atoms with Crippen LogP contribution in [0, 0.1) is 0 Å². The van der Waals surface area contributed by atoms with Crippen LogP contribution in [0.4, 0.5) is 0 Å². The second-order valence-electron chi connectivity index (χ2n) is 5.02. The fourth-order valence-electron chi connectivity index (χ4n) is 2.49. The van der Waals surface area contributed by atoms with Crippen molar-refractivity contribution in [2.24, 2.45) is 5.73 Å². The minimum Gasteiger partial charge on any atom is -0.469 e. The highest BCUT2D eigenvalue weighted by Gasteiger charge is 2.26. The van der Waals surface area contributed by atoms with Gasteiger partial charge in [-0.1, -0.05) is 6.92 Å². The first kappa shape index (κ1) is 14.1. The quantitative estimate of drug-likeness (QED) is 0.880. The zero-order valence-corrected chi connectivity index (χ0v) is 11.8. The molecule has 5 nitrogen and oxygen atoms in total. The van der Waals surface area contributed by atoms with Gasteiger partial charge in [0, 0.05) is 45.2 Å². The van der Waals surface area contributed by atoms with Gasteiger partial charge >= 0.3 is 0 Å². The zero-order chi connectivity index (χ0) is 13.8. The lowest BCUT2D eigenvalue weighted by Gasteiger charge is -2.37. The Balaban J connectivity index is 1.96. The lowest BCUT2D eigenvalue weighted by Crippen LogP contribution is -2.52. The summed E-state index contributed by atoms with van der Waals surface area (Å²) in [5.74, 6) is 0.869. The van der Waals surface area contributed by atoms with Gasteiger partial charge in [-0.3, -0.25) is 9.69 Å². The summed E-state index contributed by atoms with van der Waals surface area (Å²) in [5, 5.41) is 0. The first-order valence-corrected chi connectivity index (χ1v) is 6.97. The average molecular weight is 265 g/mol. The maximum absolute atomic E-state index is 12.4. The van der Waals surface area contributed by atoms with Crippen LogP contribution < -0.4 is 5.73 Å². The van der Waals surface area contributed by atoms with Crippen molar-refractivity contribution in [3.8, 4) is 0 Å². The molecule has 1 atom stereocenters. The number of hydrogen-bond donors (Lipinski definition) is 1. The molecular weight excluding hydrogens is 242 g/mol. The summed E-state index contributed by atoms with van der Waals surface area (Å²) >= 11 is 0. The molecule has 1 saturated heterocycles. The first-order valence-electron chi connectivity index (χ1n) is 6.97. The van der Waals surface area contributed by atoms with E-state index in [1.54, 1.807) is 12.3 Å². The van der Waals surface area contributed by atoms with Crippen LogP contribution in [0.25, 0.3) is 0 Å². The molecule has 19 heavy (non-hydrogen) atoms. The third-order valence-corrected chi connectivity index (χ3v) is 3.86. The fraction of sp³-hybridized carbons (Fsp3) is 0.643. The second-order valence-corrected chi connectivity index (χ2v) is 5.02. The summed E-state index contributed by atoms with van der Waals surface area (Å²) < 4.78 is 5.33. The van der Waals surface area contributed by atoms with Crippen molar-refractivity contribution in [2.75, 3.05) is 32.7 Å². The van der Waals surface area contributed by atoms with Gasteiger partial charge in [0.1, 0.15) is 5.76 Å². The Morgan fingerprint density at radius 2 is 2.11 bits per heavy atom. The Kier molecular flexibility index (Phi) is 4.61. The molecule has 0 bridgehead atoms. The van der Waals surface area contributed by atoms with Crippen molar-refractivity contribution >= 4 is 5.91 Å². The third kappa shape index (κ3) is 2.98. The summed E-state index contributed by atoms with van der Waals surface area (Å²) in [6.45, 7) is 8.09. The molecule has 106 valence electrons. The van der Waals surface area contributed by atoms with Crippen molar-refractivity contribution in [3.63, 3.8) is 0 Å². The number of nitrogens with two attached hydrogens (primary N) is 1. The van der Waals surface area contributed by atoms with Crippen molar-refractivity contribution in [1.82, 2.24) is 9.80 Å². The highest BCUT2D eigenvalue weighted by Crippen LogP contribution is 2.16. The number of rotatable bonds is 4. The highest BCUT2D eigenvalue weighted by atomic mass is 16.3. The Morgan fingerprint density at radius 1 is 1.42 bits per heavy atom. The average Bonchev–Trinajstić information content (AvgIpc) is 2.94. The van der Waals surface area contributed by atoms with E-state index in [2.05, 4.69) is 11.8 Å². The maximum Gasteiger partial charge on any atom is 0.257 e. The van der Waals surface area contributed by atoms with E-state index in [9.17, 15) is 4.79 Å². The number of carbonyl (C=O) groups excluding carboxylic acids is 1. The highest BCUT2D eigenvalue weighted by molar-refractivity contribution is 5.95. The number of nitrogens with zero attached hydrogens (tertiary/aromatic N) is 2. The molecule has 1 amide bonds. The predicted molar refractivity (Wildman–Crippen MR) is 74.1 cm³/mol. The molecule has 2 rings (SSSR count). The molecular formula is C14H23N3O2.